The normalized spacial score (nSPS) is 10.4. The van der Waals surface area contributed by atoms with Crippen LogP contribution in [0.4, 0.5) is 5.82 Å². The number of rotatable bonds is 3. The minimum Gasteiger partial charge on any atom is -0.363 e. The van der Waals surface area contributed by atoms with E-state index in [-0.39, 0.29) is 0 Å². The number of nitrogens with one attached hydrogen (secondary N) is 2. The predicted molar refractivity (Wildman–Crippen MR) is 98.2 cm³/mol. The van der Waals surface area contributed by atoms with Gasteiger partial charge in [-0.3, -0.25) is 0 Å². The number of pyridine rings is 1. The fraction of sp³-hybridized carbons (Fsp3) is 0.176. The molecule has 0 radical (unpaired) electrons. The fourth-order valence-corrected chi connectivity index (χ4v) is 2.72. The maximum Gasteiger partial charge on any atom is 0.171 e. The largest absolute Gasteiger partial charge is 0.363 e. The predicted octanol–water partition coefficient (Wildman–Crippen LogP) is 2.91. The van der Waals surface area contributed by atoms with Crippen molar-refractivity contribution in [2.45, 2.75) is 13.8 Å². The third-order valence-corrected chi connectivity index (χ3v) is 3.83. The van der Waals surface area contributed by atoms with Gasteiger partial charge >= 0.3 is 0 Å². The summed E-state index contributed by atoms with van der Waals surface area (Å²) in [6.07, 6.45) is 1.50. The molecule has 0 atom stereocenters. The molecule has 2 N–H and O–H groups in total. The van der Waals surface area contributed by atoms with Crippen LogP contribution < -0.4 is 10.6 Å². The van der Waals surface area contributed by atoms with Gasteiger partial charge in [0.2, 0.25) is 0 Å². The maximum atomic E-state index is 9.32. The molecule has 3 aromatic rings. The van der Waals surface area contributed by atoms with Crippen molar-refractivity contribution in [3.8, 4) is 11.9 Å². The van der Waals surface area contributed by atoms with Crippen molar-refractivity contribution in [3.05, 3.63) is 47.7 Å². The lowest BCUT2D eigenvalue weighted by molar-refractivity contribution is 0.858. The summed E-state index contributed by atoms with van der Waals surface area (Å²) < 4.78 is 1.60. The second kappa shape index (κ2) is 6.64. The second-order valence-corrected chi connectivity index (χ2v) is 5.64. The van der Waals surface area contributed by atoms with E-state index in [0.29, 0.717) is 28.9 Å². The van der Waals surface area contributed by atoms with Crippen LogP contribution in [0.15, 0.2) is 36.5 Å². The SMILES string of the molecule is CCNC(=S)Nc1c(C#N)cnn1-c1cc(C)c2ccccc2n1. The molecule has 7 heteroatoms. The summed E-state index contributed by atoms with van der Waals surface area (Å²) in [5.74, 6) is 1.14. The highest BCUT2D eigenvalue weighted by Crippen LogP contribution is 2.23. The second-order valence-electron chi connectivity index (χ2n) is 5.23. The van der Waals surface area contributed by atoms with E-state index >= 15 is 0 Å². The van der Waals surface area contributed by atoms with Gasteiger partial charge in [-0.15, -0.1) is 0 Å². The molecule has 6 nitrogen and oxygen atoms in total. The number of fused-ring (bicyclic) bond motifs is 1. The van der Waals surface area contributed by atoms with Gasteiger partial charge in [0.1, 0.15) is 11.6 Å². The van der Waals surface area contributed by atoms with E-state index in [9.17, 15) is 5.26 Å². The number of benzene rings is 1. The summed E-state index contributed by atoms with van der Waals surface area (Å²) in [7, 11) is 0. The Morgan fingerprint density at radius 3 is 2.92 bits per heavy atom. The molecule has 0 saturated carbocycles. The zero-order chi connectivity index (χ0) is 17.1. The van der Waals surface area contributed by atoms with Crippen LogP contribution in [-0.4, -0.2) is 26.4 Å². The number of para-hydroxylation sites is 1. The Bertz CT molecular complexity index is 953. The number of anilines is 1. The van der Waals surface area contributed by atoms with Crippen LogP contribution in [0.25, 0.3) is 16.7 Å². The number of aryl methyl sites for hydroxylation is 1. The highest BCUT2D eigenvalue weighted by atomic mass is 32.1. The van der Waals surface area contributed by atoms with Gasteiger partial charge in [0.05, 0.1) is 11.7 Å². The van der Waals surface area contributed by atoms with Crippen LogP contribution in [0.1, 0.15) is 18.1 Å². The van der Waals surface area contributed by atoms with Gasteiger partial charge < -0.3 is 10.6 Å². The molecule has 0 fully saturated rings. The molecule has 0 aliphatic rings. The molecular formula is C17H16N6S. The minimum atomic E-state index is 0.405. The van der Waals surface area contributed by atoms with Gasteiger partial charge in [0.15, 0.2) is 16.7 Å². The number of hydrogen-bond acceptors (Lipinski definition) is 4. The molecule has 0 unspecified atom stereocenters. The molecule has 0 saturated heterocycles. The molecule has 2 aromatic heterocycles. The summed E-state index contributed by atoms with van der Waals surface area (Å²) >= 11 is 5.23. The standard InChI is InChI=1S/C17H16N6S/c1-3-19-17(24)22-16-12(9-18)10-20-23(16)15-8-11(2)13-6-4-5-7-14(13)21-15/h4-8,10H,3H2,1-2H3,(H2,19,22,24). The van der Waals surface area contributed by atoms with Crippen molar-refractivity contribution in [2.24, 2.45) is 0 Å². The van der Waals surface area contributed by atoms with Crippen LogP contribution in [0.5, 0.6) is 0 Å². The van der Waals surface area contributed by atoms with Crippen molar-refractivity contribution in [1.29, 1.82) is 5.26 Å². The minimum absolute atomic E-state index is 0.405. The number of aromatic nitrogens is 3. The zero-order valence-electron chi connectivity index (χ0n) is 13.4. The molecule has 0 amide bonds. The molecule has 2 heterocycles. The third-order valence-electron chi connectivity index (χ3n) is 3.59. The van der Waals surface area contributed by atoms with Crippen molar-refractivity contribution in [3.63, 3.8) is 0 Å². The molecule has 0 aliphatic heterocycles. The highest BCUT2D eigenvalue weighted by Gasteiger charge is 2.15. The van der Waals surface area contributed by atoms with E-state index in [1.54, 1.807) is 4.68 Å². The Kier molecular flexibility index (Phi) is 4.40. The van der Waals surface area contributed by atoms with Gasteiger partial charge in [-0.1, -0.05) is 18.2 Å². The molecule has 24 heavy (non-hydrogen) atoms. The Balaban J connectivity index is 2.11. The molecule has 0 bridgehead atoms. The maximum absolute atomic E-state index is 9.32. The first-order valence-electron chi connectivity index (χ1n) is 7.53. The smallest absolute Gasteiger partial charge is 0.171 e. The van der Waals surface area contributed by atoms with Gasteiger partial charge in [-0.25, -0.2) is 4.98 Å². The van der Waals surface area contributed by atoms with E-state index in [2.05, 4.69) is 26.8 Å². The number of hydrogen-bond donors (Lipinski definition) is 2. The van der Waals surface area contributed by atoms with Crippen LogP contribution in [0.3, 0.4) is 0 Å². The van der Waals surface area contributed by atoms with Crippen LogP contribution in [0.2, 0.25) is 0 Å². The average molecular weight is 336 g/mol. The topological polar surface area (TPSA) is 78.6 Å². The van der Waals surface area contributed by atoms with Crippen LogP contribution in [-0.2, 0) is 0 Å². The lowest BCUT2D eigenvalue weighted by atomic mass is 10.1. The van der Waals surface area contributed by atoms with Crippen molar-refractivity contribution in [2.75, 3.05) is 11.9 Å². The van der Waals surface area contributed by atoms with Crippen molar-refractivity contribution in [1.82, 2.24) is 20.1 Å². The number of nitrogens with zero attached hydrogens (tertiary/aromatic N) is 4. The van der Waals surface area contributed by atoms with E-state index in [1.165, 1.54) is 6.20 Å². The first kappa shape index (κ1) is 15.9. The number of nitriles is 1. The molecular weight excluding hydrogens is 320 g/mol. The molecule has 120 valence electrons. The fourth-order valence-electron chi connectivity index (χ4n) is 2.48. The zero-order valence-corrected chi connectivity index (χ0v) is 14.2. The van der Waals surface area contributed by atoms with E-state index < -0.39 is 0 Å². The summed E-state index contributed by atoms with van der Waals surface area (Å²) in [6, 6.07) is 12.0. The Labute approximate surface area is 145 Å². The molecule has 1 aromatic carbocycles. The molecule has 3 rings (SSSR count). The highest BCUT2D eigenvalue weighted by molar-refractivity contribution is 7.80. The summed E-state index contributed by atoms with van der Waals surface area (Å²) in [5.41, 5.74) is 2.37. The van der Waals surface area contributed by atoms with Crippen molar-refractivity contribution < 1.29 is 0 Å². The quantitative estimate of drug-likeness (QED) is 0.716. The molecule has 0 spiro atoms. The summed E-state index contributed by atoms with van der Waals surface area (Å²) in [6.45, 7) is 4.67. The van der Waals surface area contributed by atoms with Crippen LogP contribution in [0, 0.1) is 18.3 Å². The first-order chi connectivity index (χ1) is 11.6. The van der Waals surface area contributed by atoms with Gasteiger partial charge in [0, 0.05) is 11.9 Å². The van der Waals surface area contributed by atoms with E-state index in [1.807, 2.05) is 44.2 Å². The third kappa shape index (κ3) is 2.92. The van der Waals surface area contributed by atoms with Crippen LogP contribution >= 0.6 is 12.2 Å². The first-order valence-corrected chi connectivity index (χ1v) is 7.94. The molecule has 0 aliphatic carbocycles. The summed E-state index contributed by atoms with van der Waals surface area (Å²) in [4.78, 5) is 4.66. The lowest BCUT2D eigenvalue weighted by Crippen LogP contribution is -2.29. The number of thiocarbonyl (C=S) groups is 1. The Morgan fingerprint density at radius 1 is 1.38 bits per heavy atom. The Hall–Kier alpha value is -2.98. The van der Waals surface area contributed by atoms with Crippen molar-refractivity contribution >= 4 is 34.1 Å². The average Bonchev–Trinajstić information content (AvgIpc) is 2.97. The van der Waals surface area contributed by atoms with Gasteiger partial charge in [0.25, 0.3) is 0 Å². The van der Waals surface area contributed by atoms with Gasteiger partial charge in [-0.2, -0.15) is 15.0 Å². The Morgan fingerprint density at radius 2 is 2.17 bits per heavy atom. The summed E-state index contributed by atoms with van der Waals surface area (Å²) in [5, 5.41) is 21.2. The van der Waals surface area contributed by atoms with E-state index in [0.717, 1.165) is 16.5 Å². The lowest BCUT2D eigenvalue weighted by Gasteiger charge is -2.12. The van der Waals surface area contributed by atoms with Gasteiger partial charge in [-0.05, 0) is 43.8 Å². The monoisotopic (exact) mass is 336 g/mol. The van der Waals surface area contributed by atoms with E-state index in [4.69, 9.17) is 12.2 Å².